The summed E-state index contributed by atoms with van der Waals surface area (Å²) < 4.78 is 7.78. The van der Waals surface area contributed by atoms with E-state index >= 15 is 0 Å². The summed E-state index contributed by atoms with van der Waals surface area (Å²) in [6, 6.07) is 2.38. The van der Waals surface area contributed by atoms with Gasteiger partial charge in [-0.3, -0.25) is 9.44 Å². The maximum atomic E-state index is 6.84. The zero-order valence-corrected chi connectivity index (χ0v) is 7.69. The molecule has 11 heavy (non-hydrogen) atoms. The molecule has 1 N–H and O–H groups in total. The molecule has 0 amide bonds. The van der Waals surface area contributed by atoms with E-state index in [0.29, 0.717) is 0 Å². The largest absolute Gasteiger partial charge is 0.287 e. The lowest BCUT2D eigenvalue weighted by Gasteiger charge is -1.66. The fourth-order valence-corrected chi connectivity index (χ4v) is 0.339. The fraction of sp³-hybridized carbons (Fsp3) is 0. The van der Waals surface area contributed by atoms with Gasteiger partial charge >= 0.3 is 0 Å². The third kappa shape index (κ3) is 8.64. The quantitative estimate of drug-likeness (QED) is 0.221. The molecule has 0 aliphatic heterocycles. The van der Waals surface area contributed by atoms with E-state index < -0.39 is 0 Å². The standard InChI is InChI=1S/C9H3IN/c1-2-3-4-5-6-7-8-9-11-10/h11H,1H2/q-1/i/hT. The van der Waals surface area contributed by atoms with E-state index in [0.717, 1.165) is 3.52 Å². The van der Waals surface area contributed by atoms with E-state index in [-0.39, 0.29) is 0 Å². The van der Waals surface area contributed by atoms with Gasteiger partial charge in [0.2, 0.25) is 0 Å². The third-order valence-electron chi connectivity index (χ3n) is 0.499. The van der Waals surface area contributed by atoms with Gasteiger partial charge in [0, 0.05) is 17.9 Å². The highest BCUT2D eigenvalue weighted by Gasteiger charge is 1.53. The average molecular weight is 254 g/mol. The lowest BCUT2D eigenvalue weighted by Crippen LogP contribution is -1.77. The summed E-state index contributed by atoms with van der Waals surface area (Å²) in [7, 11) is 0. The fourth-order valence-electron chi connectivity index (χ4n) is 0.218. The minimum absolute atomic E-state index is 0.940. The minimum Gasteiger partial charge on any atom is -0.287 e. The van der Waals surface area contributed by atoms with Gasteiger partial charge < -0.3 is 0 Å². The van der Waals surface area contributed by atoms with Crippen molar-refractivity contribution in [1.29, 1.82) is 0 Å². The minimum atomic E-state index is 0.940. The van der Waals surface area contributed by atoms with Crippen LogP contribution < -0.4 is 3.52 Å². The molecular formula is C9H3IN-. The van der Waals surface area contributed by atoms with Crippen molar-refractivity contribution in [3.63, 3.8) is 0 Å². The first-order valence-corrected chi connectivity index (χ1v) is 3.46. The van der Waals surface area contributed by atoms with Gasteiger partial charge in [0.05, 0.1) is 22.9 Å². The van der Waals surface area contributed by atoms with Gasteiger partial charge in [-0.25, -0.2) is 5.92 Å². The summed E-state index contributed by atoms with van der Waals surface area (Å²) in [4.78, 5) is 0. The van der Waals surface area contributed by atoms with Crippen LogP contribution in [0.5, 0.6) is 0 Å². The van der Waals surface area contributed by atoms with Gasteiger partial charge in [-0.05, 0) is 11.8 Å². The Balaban J connectivity index is 4.01. The van der Waals surface area contributed by atoms with Crippen LogP contribution in [0.25, 0.3) is 0 Å². The first-order chi connectivity index (χ1) is 5.77. The van der Waals surface area contributed by atoms with Crippen LogP contribution in [-0.2, 0) is 0 Å². The van der Waals surface area contributed by atoms with Crippen molar-refractivity contribution in [2.75, 3.05) is 0 Å². The normalized spacial score (nSPS) is 5.36. The summed E-state index contributed by atoms with van der Waals surface area (Å²) in [6.07, 6.45) is 0. The van der Waals surface area contributed by atoms with Gasteiger partial charge in [0.1, 0.15) is 0 Å². The molecule has 0 atom stereocenters. The van der Waals surface area contributed by atoms with Crippen molar-refractivity contribution >= 4 is 22.9 Å². The van der Waals surface area contributed by atoms with Crippen LogP contribution in [0.15, 0.2) is 0 Å². The van der Waals surface area contributed by atoms with Crippen molar-refractivity contribution in [3.8, 4) is 47.5 Å². The van der Waals surface area contributed by atoms with E-state index in [4.69, 9.17) is 1.41 Å². The van der Waals surface area contributed by atoms with E-state index in [9.17, 15) is 0 Å². The summed E-state index contributed by atoms with van der Waals surface area (Å²) in [5, 5.41) is 0. The first kappa shape index (κ1) is 7.74. The number of rotatable bonds is 0. The molecule has 0 spiro atoms. The Labute approximate surface area is 82.3 Å². The molecule has 0 aromatic carbocycles. The Kier molecular flexibility index (Phi) is 6.08. The molecule has 2 heteroatoms. The molecule has 0 aromatic rings. The van der Waals surface area contributed by atoms with Crippen LogP contribution in [0, 0.1) is 54.4 Å². The number of nitrogens with one attached hydrogen (secondary N) is 1. The Hall–Kier alpha value is -1.36. The molecule has 0 bridgehead atoms. The van der Waals surface area contributed by atoms with Crippen molar-refractivity contribution in [1.82, 2.24) is 3.52 Å². The van der Waals surface area contributed by atoms with Crippen LogP contribution in [-0.4, -0.2) is 0 Å². The molecule has 0 saturated heterocycles. The van der Waals surface area contributed by atoms with Crippen LogP contribution in [0.4, 0.5) is 0 Å². The lowest BCUT2D eigenvalue weighted by atomic mass is 10.5. The Bertz CT molecular complexity index is 368. The first-order valence-electron chi connectivity index (χ1n) is 2.94. The van der Waals surface area contributed by atoms with E-state index in [1.54, 1.807) is 22.9 Å². The Morgan fingerprint density at radius 3 is 2.18 bits per heavy atom. The van der Waals surface area contributed by atoms with Gasteiger partial charge in [0.25, 0.3) is 0 Å². The second-order valence-corrected chi connectivity index (χ2v) is 1.61. The van der Waals surface area contributed by atoms with Crippen molar-refractivity contribution < 1.29 is 1.41 Å². The molecule has 1 nitrogen and oxygen atoms in total. The molecule has 0 fully saturated rings. The van der Waals surface area contributed by atoms with E-state index in [1.807, 2.05) is 0 Å². The Morgan fingerprint density at radius 2 is 1.64 bits per heavy atom. The highest BCUT2D eigenvalue weighted by molar-refractivity contribution is 14.1. The monoisotopic (exact) mass is 254 g/mol. The van der Waals surface area contributed by atoms with Crippen LogP contribution in [0.1, 0.15) is 0 Å². The SMILES string of the molecule is [3H]N(I)C#CC#CC#CC#C[CH2-]. The number of halogens is 1. The molecule has 0 rings (SSSR count). The van der Waals surface area contributed by atoms with Crippen molar-refractivity contribution in [2.24, 2.45) is 0 Å². The molecule has 52 valence electrons. The average Bonchev–Trinajstić information content (AvgIpc) is 2.02. The predicted octanol–water partition coefficient (Wildman–Crippen LogP) is 0.731. The summed E-state index contributed by atoms with van der Waals surface area (Å²) in [5.74, 6) is 17.0. The lowest BCUT2D eigenvalue weighted by molar-refractivity contribution is 1.61. The molecule has 0 radical (unpaired) electrons. The maximum Gasteiger partial charge on any atom is 0.183 e. The summed E-state index contributed by atoms with van der Waals surface area (Å²) in [5.41, 5.74) is 0. The molecule has 0 saturated carbocycles. The summed E-state index contributed by atoms with van der Waals surface area (Å²) >= 11 is 1.71. The summed E-state index contributed by atoms with van der Waals surface area (Å²) in [6.45, 7) is 3.27. The molecule has 0 heterocycles. The van der Waals surface area contributed by atoms with Crippen LogP contribution in [0.3, 0.4) is 0 Å². The van der Waals surface area contributed by atoms with Gasteiger partial charge in [-0.1, -0.05) is 0 Å². The zero-order valence-electron chi connectivity index (χ0n) is 6.53. The molecule has 0 aliphatic rings. The topological polar surface area (TPSA) is 12.0 Å². The van der Waals surface area contributed by atoms with Gasteiger partial charge in [-0.15, -0.1) is 5.92 Å². The molecular weight excluding hydrogens is 249 g/mol. The second-order valence-electron chi connectivity index (χ2n) is 1.12. The van der Waals surface area contributed by atoms with Gasteiger partial charge in [-0.2, -0.15) is 6.92 Å². The zero-order chi connectivity index (χ0) is 9.23. The van der Waals surface area contributed by atoms with E-state index in [2.05, 4.69) is 54.4 Å². The molecule has 0 aromatic heterocycles. The van der Waals surface area contributed by atoms with Crippen LogP contribution in [0.2, 0.25) is 1.41 Å². The Morgan fingerprint density at radius 1 is 1.09 bits per heavy atom. The molecule has 0 unspecified atom stereocenters. The maximum absolute atomic E-state index is 6.84. The highest BCUT2D eigenvalue weighted by atomic mass is 127. The smallest absolute Gasteiger partial charge is 0.183 e. The van der Waals surface area contributed by atoms with Crippen molar-refractivity contribution in [3.05, 3.63) is 6.92 Å². The predicted molar refractivity (Wildman–Crippen MR) is 53.6 cm³/mol. The number of hydrogen-bond acceptors (Lipinski definition) is 1. The van der Waals surface area contributed by atoms with Crippen LogP contribution >= 0.6 is 22.9 Å². The molecule has 0 aliphatic carbocycles. The van der Waals surface area contributed by atoms with Gasteiger partial charge in [0.15, 0.2) is 1.41 Å². The van der Waals surface area contributed by atoms with Crippen molar-refractivity contribution in [2.45, 2.75) is 0 Å². The number of hydrogen-bond donors (Lipinski definition) is 1. The second kappa shape index (κ2) is 8.64. The third-order valence-corrected chi connectivity index (χ3v) is 0.740. The highest BCUT2D eigenvalue weighted by Crippen LogP contribution is 1.60. The van der Waals surface area contributed by atoms with E-state index in [1.165, 1.54) is 0 Å².